The van der Waals surface area contributed by atoms with Gasteiger partial charge in [0, 0.05) is 5.02 Å². The third-order valence-corrected chi connectivity index (χ3v) is 6.72. The normalized spacial score (nSPS) is 15.2. The molecule has 0 fully saturated rings. The number of aromatic nitrogens is 2. The minimum absolute atomic E-state index is 0.0730. The summed E-state index contributed by atoms with van der Waals surface area (Å²) in [6, 6.07) is 16.2. The molecule has 8 heteroatoms. The first-order valence-electron chi connectivity index (χ1n) is 9.89. The highest BCUT2D eigenvalue weighted by Crippen LogP contribution is 2.30. The maximum Gasteiger partial charge on any atom is 0.336 e. The van der Waals surface area contributed by atoms with E-state index in [1.165, 1.54) is 21.5 Å². The molecule has 0 aliphatic heterocycles. The molecule has 1 amide bonds. The standard InChI is InChI=1S/C23H18ClN3O3S/c24-15-5-3-6-16(12-15)27-22(29)21-19(10-11-31-21)26(23(27)30)13-20(28)25-18-9-8-14-4-1-2-7-17(14)18/h1-7,10-12,18H,8-9,13H2,(H,25,28)/t18-/m1/s1. The fourth-order valence-corrected chi connectivity index (χ4v) is 5.18. The van der Waals surface area contributed by atoms with Crippen molar-refractivity contribution in [1.29, 1.82) is 0 Å². The summed E-state index contributed by atoms with van der Waals surface area (Å²) in [5.74, 6) is -0.271. The number of amides is 1. The average molecular weight is 452 g/mol. The highest BCUT2D eigenvalue weighted by Gasteiger charge is 2.24. The van der Waals surface area contributed by atoms with Gasteiger partial charge in [-0.1, -0.05) is 41.9 Å². The van der Waals surface area contributed by atoms with E-state index in [9.17, 15) is 14.4 Å². The summed E-state index contributed by atoms with van der Waals surface area (Å²) in [7, 11) is 0. The molecule has 0 saturated carbocycles. The first-order chi connectivity index (χ1) is 15.0. The van der Waals surface area contributed by atoms with Gasteiger partial charge in [-0.2, -0.15) is 0 Å². The van der Waals surface area contributed by atoms with E-state index in [2.05, 4.69) is 11.4 Å². The molecular formula is C23H18ClN3O3S. The van der Waals surface area contributed by atoms with E-state index in [4.69, 9.17) is 11.6 Å². The summed E-state index contributed by atoms with van der Waals surface area (Å²) in [5.41, 5.74) is 2.20. The monoisotopic (exact) mass is 451 g/mol. The van der Waals surface area contributed by atoms with E-state index in [-0.39, 0.29) is 18.5 Å². The minimum Gasteiger partial charge on any atom is -0.348 e. The summed E-state index contributed by atoms with van der Waals surface area (Å²) in [6.07, 6.45) is 1.74. The Kier molecular flexibility index (Phi) is 5.00. The van der Waals surface area contributed by atoms with Crippen molar-refractivity contribution in [3.05, 3.63) is 97.0 Å². The smallest absolute Gasteiger partial charge is 0.336 e. The van der Waals surface area contributed by atoms with Crippen LogP contribution in [0.15, 0.2) is 69.6 Å². The molecule has 0 bridgehead atoms. The molecule has 0 unspecified atom stereocenters. The van der Waals surface area contributed by atoms with Gasteiger partial charge >= 0.3 is 5.69 Å². The van der Waals surface area contributed by atoms with Gasteiger partial charge in [0.05, 0.1) is 17.2 Å². The molecule has 1 aliphatic carbocycles. The molecule has 2 heterocycles. The number of nitrogens with zero attached hydrogens (tertiary/aromatic N) is 2. The zero-order valence-corrected chi connectivity index (χ0v) is 17.9. The molecule has 4 aromatic rings. The van der Waals surface area contributed by atoms with E-state index in [0.717, 1.165) is 23.0 Å². The number of halogens is 1. The van der Waals surface area contributed by atoms with Crippen LogP contribution in [0.25, 0.3) is 15.9 Å². The van der Waals surface area contributed by atoms with Crippen molar-refractivity contribution in [2.45, 2.75) is 25.4 Å². The quantitative estimate of drug-likeness (QED) is 0.514. The fraction of sp³-hybridized carbons (Fsp3) is 0.174. The van der Waals surface area contributed by atoms with Crippen LogP contribution in [-0.4, -0.2) is 15.0 Å². The maximum atomic E-state index is 13.3. The summed E-state index contributed by atoms with van der Waals surface area (Å²) in [6.45, 7) is -0.175. The van der Waals surface area contributed by atoms with Gasteiger partial charge in [0.15, 0.2) is 0 Å². The highest BCUT2D eigenvalue weighted by atomic mass is 35.5. The van der Waals surface area contributed by atoms with Crippen LogP contribution in [0.2, 0.25) is 5.02 Å². The van der Waals surface area contributed by atoms with Crippen molar-refractivity contribution in [3.63, 3.8) is 0 Å². The van der Waals surface area contributed by atoms with E-state index in [1.807, 2.05) is 18.2 Å². The lowest BCUT2D eigenvalue weighted by atomic mass is 10.1. The molecule has 0 radical (unpaired) electrons. The van der Waals surface area contributed by atoms with Crippen molar-refractivity contribution < 1.29 is 4.79 Å². The van der Waals surface area contributed by atoms with Crippen molar-refractivity contribution in [2.24, 2.45) is 0 Å². The molecule has 5 rings (SSSR count). The van der Waals surface area contributed by atoms with Crippen LogP contribution < -0.4 is 16.6 Å². The molecule has 31 heavy (non-hydrogen) atoms. The van der Waals surface area contributed by atoms with E-state index in [0.29, 0.717) is 20.9 Å². The van der Waals surface area contributed by atoms with Crippen LogP contribution in [0, 0.1) is 0 Å². The third-order valence-electron chi connectivity index (χ3n) is 5.59. The first kappa shape index (κ1) is 19.8. The molecule has 1 N–H and O–H groups in total. The van der Waals surface area contributed by atoms with Crippen molar-refractivity contribution in [1.82, 2.24) is 14.5 Å². The number of nitrogens with one attached hydrogen (secondary N) is 1. The summed E-state index contributed by atoms with van der Waals surface area (Å²) in [5, 5.41) is 5.21. The van der Waals surface area contributed by atoms with E-state index in [1.54, 1.807) is 35.7 Å². The molecular weight excluding hydrogens is 434 g/mol. The van der Waals surface area contributed by atoms with Gasteiger partial charge < -0.3 is 5.32 Å². The molecule has 2 aromatic heterocycles. The van der Waals surface area contributed by atoms with Crippen LogP contribution >= 0.6 is 22.9 Å². The Morgan fingerprint density at radius 2 is 1.97 bits per heavy atom. The van der Waals surface area contributed by atoms with Crippen LogP contribution in [0.4, 0.5) is 0 Å². The SMILES string of the molecule is O=C(Cn1c(=O)n(-c2cccc(Cl)c2)c(=O)c2sccc21)N[C@@H]1CCc2ccccc21. The lowest BCUT2D eigenvalue weighted by molar-refractivity contribution is -0.122. The molecule has 156 valence electrons. The van der Waals surface area contributed by atoms with Crippen LogP contribution in [0.1, 0.15) is 23.6 Å². The first-order valence-corrected chi connectivity index (χ1v) is 11.1. The maximum absolute atomic E-state index is 13.3. The number of carbonyl (C=O) groups is 1. The van der Waals surface area contributed by atoms with Crippen molar-refractivity contribution in [2.75, 3.05) is 0 Å². The van der Waals surface area contributed by atoms with Crippen LogP contribution in [0.3, 0.4) is 0 Å². The van der Waals surface area contributed by atoms with Gasteiger partial charge in [0.25, 0.3) is 5.56 Å². The number of hydrogen-bond donors (Lipinski definition) is 1. The Morgan fingerprint density at radius 1 is 1.13 bits per heavy atom. The second kappa shape index (κ2) is 7.83. The van der Waals surface area contributed by atoms with Gasteiger partial charge in [0.1, 0.15) is 11.2 Å². The van der Waals surface area contributed by atoms with E-state index >= 15 is 0 Å². The predicted molar refractivity (Wildman–Crippen MR) is 122 cm³/mol. The number of thiophene rings is 1. The fourth-order valence-electron chi connectivity index (χ4n) is 4.17. The number of fused-ring (bicyclic) bond motifs is 2. The third kappa shape index (κ3) is 3.49. The highest BCUT2D eigenvalue weighted by molar-refractivity contribution is 7.17. The Bertz CT molecular complexity index is 1440. The summed E-state index contributed by atoms with van der Waals surface area (Å²) in [4.78, 5) is 39.2. The number of carbonyl (C=O) groups excluding carboxylic acids is 1. The molecule has 2 aromatic carbocycles. The Hall–Kier alpha value is -3.16. The predicted octanol–water partition coefficient (Wildman–Crippen LogP) is 3.67. The zero-order chi connectivity index (χ0) is 21.5. The van der Waals surface area contributed by atoms with Gasteiger partial charge in [0.2, 0.25) is 5.91 Å². The van der Waals surface area contributed by atoms with Gasteiger partial charge in [-0.15, -0.1) is 11.3 Å². The Labute approximate surface area is 186 Å². The number of aryl methyl sites for hydroxylation is 1. The number of hydrogen-bond acceptors (Lipinski definition) is 4. The van der Waals surface area contributed by atoms with Gasteiger partial charge in [-0.25, -0.2) is 9.36 Å². The largest absolute Gasteiger partial charge is 0.348 e. The second-order valence-corrected chi connectivity index (χ2v) is 8.83. The molecule has 0 spiro atoms. The minimum atomic E-state index is -0.569. The Balaban J connectivity index is 1.53. The number of rotatable bonds is 4. The zero-order valence-electron chi connectivity index (χ0n) is 16.4. The lowest BCUT2D eigenvalue weighted by Crippen LogP contribution is -2.41. The van der Waals surface area contributed by atoms with Gasteiger partial charge in [-0.05, 0) is 53.6 Å². The molecule has 6 nitrogen and oxygen atoms in total. The molecule has 1 atom stereocenters. The van der Waals surface area contributed by atoms with Crippen LogP contribution in [-0.2, 0) is 17.8 Å². The van der Waals surface area contributed by atoms with Gasteiger partial charge in [-0.3, -0.25) is 14.2 Å². The van der Waals surface area contributed by atoms with Crippen LogP contribution in [0.5, 0.6) is 0 Å². The second-order valence-electron chi connectivity index (χ2n) is 7.48. The van der Waals surface area contributed by atoms with E-state index < -0.39 is 11.2 Å². The topological polar surface area (TPSA) is 73.1 Å². The lowest BCUT2D eigenvalue weighted by Gasteiger charge is -2.16. The molecule has 0 saturated heterocycles. The average Bonchev–Trinajstić information content (AvgIpc) is 3.39. The van der Waals surface area contributed by atoms with Crippen molar-refractivity contribution in [3.8, 4) is 5.69 Å². The Morgan fingerprint density at radius 3 is 2.81 bits per heavy atom. The number of benzene rings is 2. The van der Waals surface area contributed by atoms with Crippen molar-refractivity contribution >= 4 is 39.1 Å². The molecule has 1 aliphatic rings. The summed E-state index contributed by atoms with van der Waals surface area (Å²) >= 11 is 7.31. The summed E-state index contributed by atoms with van der Waals surface area (Å²) < 4.78 is 2.84.